The van der Waals surface area contributed by atoms with Gasteiger partial charge in [-0.25, -0.2) is 4.98 Å². The molecular formula is C15H11BrF2N2O. The number of benzene rings is 1. The summed E-state index contributed by atoms with van der Waals surface area (Å²) >= 11 is 3.48. The van der Waals surface area contributed by atoms with E-state index in [-0.39, 0.29) is 5.75 Å². The normalized spacial score (nSPS) is 11.3. The molecule has 3 aromatic rings. The van der Waals surface area contributed by atoms with E-state index in [2.05, 4.69) is 25.7 Å². The molecule has 21 heavy (non-hydrogen) atoms. The lowest BCUT2D eigenvalue weighted by Gasteiger charge is -2.04. The maximum Gasteiger partial charge on any atom is 0.387 e. The minimum atomic E-state index is -2.81. The van der Waals surface area contributed by atoms with Gasteiger partial charge in [-0.2, -0.15) is 8.78 Å². The Labute approximate surface area is 128 Å². The zero-order valence-corrected chi connectivity index (χ0v) is 12.6. The van der Waals surface area contributed by atoms with Gasteiger partial charge in [0.25, 0.3) is 0 Å². The number of imidazole rings is 1. The molecule has 0 bridgehead atoms. The zero-order valence-electron chi connectivity index (χ0n) is 11.1. The molecule has 0 saturated carbocycles. The number of hydrogen-bond acceptors (Lipinski definition) is 2. The summed E-state index contributed by atoms with van der Waals surface area (Å²) in [7, 11) is 0. The van der Waals surface area contributed by atoms with Crippen molar-refractivity contribution in [2.24, 2.45) is 0 Å². The second-order valence-electron chi connectivity index (χ2n) is 4.52. The monoisotopic (exact) mass is 352 g/mol. The quantitative estimate of drug-likeness (QED) is 0.684. The number of pyridine rings is 1. The standard InChI is InChI=1S/C15H11BrF2N2O/c1-9-12(16)6-7-14-19-13(8-20(9)14)10-2-4-11(5-3-10)21-15(17)18/h2-8,15H,1H3. The van der Waals surface area contributed by atoms with E-state index < -0.39 is 6.61 Å². The highest BCUT2D eigenvalue weighted by Crippen LogP contribution is 2.25. The summed E-state index contributed by atoms with van der Waals surface area (Å²) in [4.78, 5) is 4.53. The maximum absolute atomic E-state index is 12.1. The average Bonchev–Trinajstić information content (AvgIpc) is 2.88. The number of halogens is 3. The molecule has 2 heterocycles. The van der Waals surface area contributed by atoms with Crippen LogP contribution in [0.3, 0.4) is 0 Å². The van der Waals surface area contributed by atoms with Gasteiger partial charge in [-0.15, -0.1) is 0 Å². The number of fused-ring (bicyclic) bond motifs is 1. The molecule has 6 heteroatoms. The topological polar surface area (TPSA) is 26.5 Å². The lowest BCUT2D eigenvalue weighted by Crippen LogP contribution is -2.01. The number of ether oxygens (including phenoxy) is 1. The molecular weight excluding hydrogens is 342 g/mol. The molecule has 0 saturated heterocycles. The highest BCUT2D eigenvalue weighted by molar-refractivity contribution is 9.10. The van der Waals surface area contributed by atoms with Crippen LogP contribution < -0.4 is 4.74 Å². The van der Waals surface area contributed by atoms with Crippen molar-refractivity contribution >= 4 is 21.6 Å². The van der Waals surface area contributed by atoms with E-state index >= 15 is 0 Å². The highest BCUT2D eigenvalue weighted by Gasteiger charge is 2.09. The zero-order chi connectivity index (χ0) is 15.0. The van der Waals surface area contributed by atoms with Crippen molar-refractivity contribution in [2.75, 3.05) is 0 Å². The van der Waals surface area contributed by atoms with Crippen LogP contribution in [0.25, 0.3) is 16.9 Å². The Hall–Kier alpha value is -1.95. The Balaban J connectivity index is 1.98. The van der Waals surface area contributed by atoms with Gasteiger partial charge in [0, 0.05) is 21.9 Å². The molecule has 1 aromatic carbocycles. The molecule has 0 atom stereocenters. The van der Waals surface area contributed by atoms with E-state index in [0.29, 0.717) is 0 Å². The van der Waals surface area contributed by atoms with Crippen LogP contribution in [0, 0.1) is 6.92 Å². The summed E-state index contributed by atoms with van der Waals surface area (Å²) in [5.41, 5.74) is 3.50. The van der Waals surface area contributed by atoms with Gasteiger partial charge in [-0.05, 0) is 59.3 Å². The Morgan fingerprint density at radius 3 is 2.52 bits per heavy atom. The van der Waals surface area contributed by atoms with E-state index in [1.807, 2.05) is 29.7 Å². The van der Waals surface area contributed by atoms with Crippen LogP contribution in [0.1, 0.15) is 5.69 Å². The van der Waals surface area contributed by atoms with Crippen molar-refractivity contribution in [1.29, 1.82) is 0 Å². The molecule has 108 valence electrons. The first kappa shape index (κ1) is 14.0. The molecule has 0 N–H and O–H groups in total. The van der Waals surface area contributed by atoms with E-state index in [4.69, 9.17) is 0 Å². The van der Waals surface area contributed by atoms with Crippen LogP contribution in [-0.2, 0) is 0 Å². The fourth-order valence-corrected chi connectivity index (χ4v) is 2.43. The minimum absolute atomic E-state index is 0.136. The number of aromatic nitrogens is 2. The predicted molar refractivity (Wildman–Crippen MR) is 79.7 cm³/mol. The summed E-state index contributed by atoms with van der Waals surface area (Å²) in [6, 6.07) is 10.3. The van der Waals surface area contributed by atoms with Gasteiger partial charge in [-0.3, -0.25) is 0 Å². The van der Waals surface area contributed by atoms with Crippen LogP contribution in [-0.4, -0.2) is 16.0 Å². The molecule has 0 radical (unpaired) electrons. The van der Waals surface area contributed by atoms with Gasteiger partial charge in [0.15, 0.2) is 0 Å². The summed E-state index contributed by atoms with van der Waals surface area (Å²) < 4.78 is 31.6. The first-order chi connectivity index (χ1) is 10.0. The third-order valence-corrected chi connectivity index (χ3v) is 4.03. The number of nitrogens with zero attached hydrogens (tertiary/aromatic N) is 2. The molecule has 0 aliphatic heterocycles. The van der Waals surface area contributed by atoms with Crippen molar-refractivity contribution in [3.63, 3.8) is 0 Å². The number of alkyl halides is 2. The van der Waals surface area contributed by atoms with Crippen molar-refractivity contribution in [3.05, 3.63) is 52.8 Å². The Bertz CT molecular complexity index is 784. The van der Waals surface area contributed by atoms with Crippen LogP contribution in [0.5, 0.6) is 5.75 Å². The molecule has 3 rings (SSSR count). The molecule has 3 nitrogen and oxygen atoms in total. The SMILES string of the molecule is Cc1c(Br)ccc2nc(-c3ccc(OC(F)F)cc3)cn12. The van der Waals surface area contributed by atoms with Crippen LogP contribution in [0.4, 0.5) is 8.78 Å². The van der Waals surface area contributed by atoms with Crippen molar-refractivity contribution < 1.29 is 13.5 Å². The van der Waals surface area contributed by atoms with Gasteiger partial charge in [0.05, 0.1) is 5.69 Å². The summed E-state index contributed by atoms with van der Waals surface area (Å²) in [5, 5.41) is 0. The first-order valence-corrected chi connectivity index (χ1v) is 7.03. The Kier molecular flexibility index (Phi) is 3.63. The van der Waals surface area contributed by atoms with Crippen LogP contribution in [0.15, 0.2) is 47.1 Å². The smallest absolute Gasteiger partial charge is 0.387 e. The largest absolute Gasteiger partial charge is 0.435 e. The van der Waals surface area contributed by atoms with Gasteiger partial charge in [0.1, 0.15) is 11.4 Å². The number of rotatable bonds is 3. The van der Waals surface area contributed by atoms with Gasteiger partial charge < -0.3 is 9.14 Å². The van der Waals surface area contributed by atoms with Crippen molar-refractivity contribution in [2.45, 2.75) is 13.5 Å². The Morgan fingerprint density at radius 1 is 1.14 bits per heavy atom. The van der Waals surface area contributed by atoms with Crippen LogP contribution >= 0.6 is 15.9 Å². The molecule has 0 aliphatic rings. The molecule has 0 spiro atoms. The van der Waals surface area contributed by atoms with E-state index in [1.165, 1.54) is 12.1 Å². The summed E-state index contributed by atoms with van der Waals surface area (Å²) in [6.45, 7) is -0.826. The first-order valence-electron chi connectivity index (χ1n) is 6.24. The van der Waals surface area contributed by atoms with Gasteiger partial charge in [-0.1, -0.05) is 0 Å². The third kappa shape index (κ3) is 2.76. The lowest BCUT2D eigenvalue weighted by atomic mass is 10.2. The number of aryl methyl sites for hydroxylation is 1. The molecule has 0 fully saturated rings. The van der Waals surface area contributed by atoms with Crippen LogP contribution in [0.2, 0.25) is 0 Å². The summed E-state index contributed by atoms with van der Waals surface area (Å²) in [6.07, 6.45) is 1.92. The van der Waals surface area contributed by atoms with E-state index in [9.17, 15) is 8.78 Å². The highest BCUT2D eigenvalue weighted by atomic mass is 79.9. The predicted octanol–water partition coefficient (Wildman–Crippen LogP) is 4.67. The number of hydrogen-bond donors (Lipinski definition) is 0. The fraction of sp³-hybridized carbons (Fsp3) is 0.133. The molecule has 0 aliphatic carbocycles. The molecule has 0 amide bonds. The van der Waals surface area contributed by atoms with E-state index in [1.54, 1.807) is 12.1 Å². The maximum atomic E-state index is 12.1. The van der Waals surface area contributed by atoms with Gasteiger partial charge in [0.2, 0.25) is 0 Å². The minimum Gasteiger partial charge on any atom is -0.435 e. The second kappa shape index (κ2) is 5.44. The molecule has 0 unspecified atom stereocenters. The van der Waals surface area contributed by atoms with Crippen molar-refractivity contribution in [3.8, 4) is 17.0 Å². The van der Waals surface area contributed by atoms with E-state index in [0.717, 1.165) is 27.1 Å². The van der Waals surface area contributed by atoms with Gasteiger partial charge >= 0.3 is 6.61 Å². The molecule has 2 aromatic heterocycles. The second-order valence-corrected chi connectivity index (χ2v) is 5.38. The lowest BCUT2D eigenvalue weighted by molar-refractivity contribution is -0.0498. The average molecular weight is 353 g/mol. The summed E-state index contributed by atoms with van der Waals surface area (Å²) in [5.74, 6) is 0.136. The third-order valence-electron chi connectivity index (χ3n) is 3.19. The fourth-order valence-electron chi connectivity index (χ4n) is 2.11. The van der Waals surface area contributed by atoms with Crippen molar-refractivity contribution in [1.82, 2.24) is 9.38 Å². The Morgan fingerprint density at radius 2 is 1.86 bits per heavy atom.